The van der Waals surface area contributed by atoms with Crippen LogP contribution >= 0.6 is 0 Å². The lowest BCUT2D eigenvalue weighted by molar-refractivity contribution is 0.122. The van der Waals surface area contributed by atoms with Gasteiger partial charge in [0.2, 0.25) is 0 Å². The van der Waals surface area contributed by atoms with Gasteiger partial charge < -0.3 is 15.4 Å². The smallest absolute Gasteiger partial charge is 0.0642 e. The molecule has 2 aromatic heterocycles. The first-order valence-corrected chi connectivity index (χ1v) is 6.74. The molecule has 3 heterocycles. The number of ether oxygens (including phenoxy) is 1. The quantitative estimate of drug-likeness (QED) is 0.902. The summed E-state index contributed by atoms with van der Waals surface area (Å²) in [6.07, 6.45) is 5.43. The lowest BCUT2D eigenvalue weighted by Crippen LogP contribution is -2.36. The molecule has 0 amide bonds. The molecule has 5 nitrogen and oxygen atoms in total. The molecule has 104 valence electrons. The largest absolute Gasteiger partial charge is 0.397 e. The molecular formula is C15H18N4O. The lowest BCUT2D eigenvalue weighted by atomic mass is 10.1. The van der Waals surface area contributed by atoms with Crippen LogP contribution in [0.3, 0.4) is 0 Å². The Morgan fingerprint density at radius 1 is 1.15 bits per heavy atom. The van der Waals surface area contributed by atoms with Gasteiger partial charge in [0, 0.05) is 36.1 Å². The van der Waals surface area contributed by atoms with Gasteiger partial charge in [-0.05, 0) is 19.1 Å². The van der Waals surface area contributed by atoms with Crippen molar-refractivity contribution < 1.29 is 4.74 Å². The maximum atomic E-state index is 5.84. The van der Waals surface area contributed by atoms with Crippen LogP contribution in [0.1, 0.15) is 5.69 Å². The first-order valence-electron chi connectivity index (χ1n) is 6.74. The summed E-state index contributed by atoms with van der Waals surface area (Å²) in [5.74, 6) is 0. The summed E-state index contributed by atoms with van der Waals surface area (Å²) in [7, 11) is 0. The van der Waals surface area contributed by atoms with E-state index in [0.29, 0.717) is 5.69 Å². The van der Waals surface area contributed by atoms with Crippen molar-refractivity contribution in [2.45, 2.75) is 6.92 Å². The monoisotopic (exact) mass is 270 g/mol. The molecule has 2 N–H and O–H groups in total. The molecule has 0 radical (unpaired) electrons. The van der Waals surface area contributed by atoms with Crippen LogP contribution in [-0.2, 0) is 4.74 Å². The van der Waals surface area contributed by atoms with E-state index in [4.69, 9.17) is 10.5 Å². The van der Waals surface area contributed by atoms with Crippen molar-refractivity contribution in [3.8, 4) is 11.1 Å². The van der Waals surface area contributed by atoms with Gasteiger partial charge in [-0.1, -0.05) is 0 Å². The van der Waals surface area contributed by atoms with E-state index in [1.807, 2.05) is 25.4 Å². The molecule has 0 spiro atoms. The third-order valence-electron chi connectivity index (χ3n) is 3.52. The highest BCUT2D eigenvalue weighted by Crippen LogP contribution is 2.27. The Labute approximate surface area is 118 Å². The van der Waals surface area contributed by atoms with E-state index in [0.717, 1.165) is 48.8 Å². The van der Waals surface area contributed by atoms with Crippen molar-refractivity contribution >= 4 is 11.4 Å². The normalized spacial score (nSPS) is 15.3. The SMILES string of the molecule is Cc1ncc(N)cc1-c1cncc(N2CCOCC2)c1. The highest BCUT2D eigenvalue weighted by molar-refractivity contribution is 5.71. The number of hydrogen-bond acceptors (Lipinski definition) is 5. The predicted octanol–water partition coefficient (Wildman–Crippen LogP) is 1.87. The van der Waals surface area contributed by atoms with E-state index in [1.165, 1.54) is 0 Å². The number of rotatable bonds is 2. The minimum Gasteiger partial charge on any atom is -0.397 e. The van der Waals surface area contributed by atoms with E-state index in [1.54, 1.807) is 6.20 Å². The number of aromatic nitrogens is 2. The average molecular weight is 270 g/mol. The zero-order valence-electron chi connectivity index (χ0n) is 11.5. The zero-order chi connectivity index (χ0) is 13.9. The Hall–Kier alpha value is -2.14. The number of hydrogen-bond donors (Lipinski definition) is 1. The summed E-state index contributed by atoms with van der Waals surface area (Å²) in [6, 6.07) is 4.09. The fraction of sp³-hybridized carbons (Fsp3) is 0.333. The van der Waals surface area contributed by atoms with Gasteiger partial charge in [-0.15, -0.1) is 0 Å². The van der Waals surface area contributed by atoms with Crippen LogP contribution < -0.4 is 10.6 Å². The van der Waals surface area contributed by atoms with Gasteiger partial charge in [0.05, 0.1) is 37.0 Å². The van der Waals surface area contributed by atoms with Crippen LogP contribution in [0.15, 0.2) is 30.7 Å². The molecule has 5 heteroatoms. The molecule has 3 rings (SSSR count). The molecule has 1 saturated heterocycles. The van der Waals surface area contributed by atoms with Gasteiger partial charge in [0.15, 0.2) is 0 Å². The molecule has 0 unspecified atom stereocenters. The van der Waals surface area contributed by atoms with Crippen LogP contribution in [0.5, 0.6) is 0 Å². The Morgan fingerprint density at radius 2 is 1.95 bits per heavy atom. The molecule has 2 aromatic rings. The number of nitrogens with two attached hydrogens (primary N) is 1. The van der Waals surface area contributed by atoms with Crippen LogP contribution in [0, 0.1) is 6.92 Å². The molecule has 1 aliphatic rings. The molecular weight excluding hydrogens is 252 g/mol. The van der Waals surface area contributed by atoms with Crippen molar-refractivity contribution in [3.05, 3.63) is 36.4 Å². The van der Waals surface area contributed by atoms with Crippen molar-refractivity contribution in [3.63, 3.8) is 0 Å². The second kappa shape index (κ2) is 5.46. The average Bonchev–Trinajstić information content (AvgIpc) is 2.51. The fourth-order valence-corrected chi connectivity index (χ4v) is 2.41. The Balaban J connectivity index is 1.96. The highest BCUT2D eigenvalue weighted by Gasteiger charge is 2.13. The minimum absolute atomic E-state index is 0.669. The summed E-state index contributed by atoms with van der Waals surface area (Å²) in [5, 5.41) is 0. The Morgan fingerprint density at radius 3 is 2.75 bits per heavy atom. The lowest BCUT2D eigenvalue weighted by Gasteiger charge is -2.28. The molecule has 0 aliphatic carbocycles. The number of anilines is 2. The number of aryl methyl sites for hydroxylation is 1. The maximum Gasteiger partial charge on any atom is 0.0642 e. The molecule has 1 fully saturated rings. The van der Waals surface area contributed by atoms with Gasteiger partial charge >= 0.3 is 0 Å². The maximum absolute atomic E-state index is 5.84. The van der Waals surface area contributed by atoms with Crippen LogP contribution in [0.4, 0.5) is 11.4 Å². The van der Waals surface area contributed by atoms with Crippen LogP contribution in [0.25, 0.3) is 11.1 Å². The molecule has 0 aromatic carbocycles. The highest BCUT2D eigenvalue weighted by atomic mass is 16.5. The third kappa shape index (κ3) is 2.58. The first kappa shape index (κ1) is 12.9. The van der Waals surface area contributed by atoms with E-state index in [9.17, 15) is 0 Å². The van der Waals surface area contributed by atoms with Crippen molar-refractivity contribution in [1.82, 2.24) is 9.97 Å². The summed E-state index contributed by atoms with van der Waals surface area (Å²) < 4.78 is 5.38. The summed E-state index contributed by atoms with van der Waals surface area (Å²) in [6.45, 7) is 5.32. The number of pyridine rings is 2. The van der Waals surface area contributed by atoms with Gasteiger partial charge in [-0.2, -0.15) is 0 Å². The number of morpholine rings is 1. The predicted molar refractivity (Wildman–Crippen MR) is 79.6 cm³/mol. The van der Waals surface area contributed by atoms with Crippen LogP contribution in [-0.4, -0.2) is 36.3 Å². The van der Waals surface area contributed by atoms with Crippen molar-refractivity contribution in [1.29, 1.82) is 0 Å². The topological polar surface area (TPSA) is 64.3 Å². The first-order chi connectivity index (χ1) is 9.74. The third-order valence-corrected chi connectivity index (χ3v) is 3.52. The second-order valence-electron chi connectivity index (χ2n) is 4.93. The van der Waals surface area contributed by atoms with E-state index >= 15 is 0 Å². The van der Waals surface area contributed by atoms with Crippen molar-refractivity contribution in [2.24, 2.45) is 0 Å². The molecule has 0 bridgehead atoms. The number of nitrogen functional groups attached to an aromatic ring is 1. The van der Waals surface area contributed by atoms with Crippen LogP contribution in [0.2, 0.25) is 0 Å². The number of nitrogens with zero attached hydrogens (tertiary/aromatic N) is 3. The molecule has 1 aliphatic heterocycles. The fourth-order valence-electron chi connectivity index (χ4n) is 2.41. The Bertz CT molecular complexity index is 609. The van der Waals surface area contributed by atoms with Gasteiger partial charge in [-0.25, -0.2) is 0 Å². The van der Waals surface area contributed by atoms with E-state index in [2.05, 4.69) is 20.9 Å². The standard InChI is InChI=1S/C15H18N4O/c1-11-15(7-13(16)9-18-11)12-6-14(10-17-8-12)19-2-4-20-5-3-19/h6-10H,2-5,16H2,1H3. The van der Waals surface area contributed by atoms with E-state index < -0.39 is 0 Å². The summed E-state index contributed by atoms with van der Waals surface area (Å²) in [4.78, 5) is 11.0. The molecule has 0 saturated carbocycles. The van der Waals surface area contributed by atoms with E-state index in [-0.39, 0.29) is 0 Å². The Kier molecular flexibility index (Phi) is 3.52. The second-order valence-corrected chi connectivity index (χ2v) is 4.93. The van der Waals surface area contributed by atoms with Gasteiger partial charge in [-0.3, -0.25) is 9.97 Å². The summed E-state index contributed by atoms with van der Waals surface area (Å²) >= 11 is 0. The molecule has 20 heavy (non-hydrogen) atoms. The zero-order valence-corrected chi connectivity index (χ0v) is 11.5. The summed E-state index contributed by atoms with van der Waals surface area (Å²) in [5.41, 5.74) is 10.7. The minimum atomic E-state index is 0.669. The van der Waals surface area contributed by atoms with Gasteiger partial charge in [0.25, 0.3) is 0 Å². The molecule has 0 atom stereocenters. The van der Waals surface area contributed by atoms with Gasteiger partial charge in [0.1, 0.15) is 0 Å². The van der Waals surface area contributed by atoms with Crippen molar-refractivity contribution in [2.75, 3.05) is 36.9 Å².